The number of carbonyl (C=O) groups is 1. The van der Waals surface area contributed by atoms with Gasteiger partial charge in [-0.05, 0) is 19.3 Å². The summed E-state index contributed by atoms with van der Waals surface area (Å²) < 4.78 is 0. The number of nitrogens with zero attached hydrogens (tertiary/aromatic N) is 1. The number of amides is 1. The van der Waals surface area contributed by atoms with Crippen LogP contribution < -0.4 is 11.1 Å². The minimum atomic E-state index is -0.183. The van der Waals surface area contributed by atoms with E-state index in [1.807, 2.05) is 6.92 Å². The van der Waals surface area contributed by atoms with Crippen LogP contribution in [0.5, 0.6) is 0 Å². The van der Waals surface area contributed by atoms with Crippen LogP contribution in [0.25, 0.3) is 0 Å². The van der Waals surface area contributed by atoms with E-state index in [1.165, 1.54) is 0 Å². The average molecular weight is 227 g/mol. The molecule has 0 aromatic rings. The molecule has 1 saturated heterocycles. The van der Waals surface area contributed by atoms with E-state index in [1.54, 1.807) is 0 Å². The molecule has 3 N–H and O–H groups in total. The SMILES string of the molecule is CCC1CN(C(CC)C(N)=O)C(CC)CN1. The van der Waals surface area contributed by atoms with Crippen LogP contribution in [-0.4, -0.2) is 42.0 Å². The topological polar surface area (TPSA) is 58.4 Å². The Morgan fingerprint density at radius 3 is 2.56 bits per heavy atom. The summed E-state index contributed by atoms with van der Waals surface area (Å²) in [5.41, 5.74) is 5.48. The molecule has 0 bridgehead atoms. The van der Waals surface area contributed by atoms with E-state index in [0.29, 0.717) is 12.1 Å². The fourth-order valence-corrected chi connectivity index (χ4v) is 2.52. The average Bonchev–Trinajstić information content (AvgIpc) is 2.29. The molecule has 0 aliphatic carbocycles. The molecule has 16 heavy (non-hydrogen) atoms. The number of piperazine rings is 1. The first-order valence-corrected chi connectivity index (χ1v) is 6.42. The molecule has 3 unspecified atom stereocenters. The lowest BCUT2D eigenvalue weighted by Gasteiger charge is -2.43. The minimum absolute atomic E-state index is 0.0962. The highest BCUT2D eigenvalue weighted by molar-refractivity contribution is 5.79. The lowest BCUT2D eigenvalue weighted by molar-refractivity contribution is -0.125. The Morgan fingerprint density at radius 1 is 1.44 bits per heavy atom. The maximum atomic E-state index is 11.4. The summed E-state index contributed by atoms with van der Waals surface area (Å²) in [7, 11) is 0. The van der Waals surface area contributed by atoms with Gasteiger partial charge in [0.05, 0.1) is 6.04 Å². The van der Waals surface area contributed by atoms with E-state index in [0.717, 1.165) is 32.4 Å². The van der Waals surface area contributed by atoms with Gasteiger partial charge in [-0.15, -0.1) is 0 Å². The first-order valence-electron chi connectivity index (χ1n) is 6.42. The van der Waals surface area contributed by atoms with Gasteiger partial charge in [-0.25, -0.2) is 0 Å². The molecule has 1 aliphatic rings. The number of rotatable bonds is 5. The van der Waals surface area contributed by atoms with Crippen molar-refractivity contribution in [2.75, 3.05) is 13.1 Å². The molecule has 0 saturated carbocycles. The lowest BCUT2D eigenvalue weighted by atomic mass is 10.0. The van der Waals surface area contributed by atoms with Crippen LogP contribution in [0.2, 0.25) is 0 Å². The monoisotopic (exact) mass is 227 g/mol. The Labute approximate surface area is 98.6 Å². The Kier molecular flexibility index (Phi) is 5.22. The summed E-state index contributed by atoms with van der Waals surface area (Å²) in [6, 6.07) is 0.845. The van der Waals surface area contributed by atoms with Crippen molar-refractivity contribution in [3.63, 3.8) is 0 Å². The molecular weight excluding hydrogens is 202 g/mol. The largest absolute Gasteiger partial charge is 0.368 e. The first-order chi connectivity index (χ1) is 7.63. The van der Waals surface area contributed by atoms with E-state index >= 15 is 0 Å². The zero-order valence-corrected chi connectivity index (χ0v) is 10.7. The molecule has 4 nitrogen and oxygen atoms in total. The van der Waals surface area contributed by atoms with Crippen molar-refractivity contribution in [3.05, 3.63) is 0 Å². The van der Waals surface area contributed by atoms with Crippen LogP contribution in [0.4, 0.5) is 0 Å². The smallest absolute Gasteiger partial charge is 0.234 e. The third kappa shape index (κ3) is 2.95. The molecule has 1 rings (SSSR count). The molecular formula is C12H25N3O. The van der Waals surface area contributed by atoms with Crippen LogP contribution >= 0.6 is 0 Å². The number of nitrogens with one attached hydrogen (secondary N) is 1. The van der Waals surface area contributed by atoms with Crippen LogP contribution in [0.15, 0.2) is 0 Å². The van der Waals surface area contributed by atoms with Gasteiger partial charge in [-0.2, -0.15) is 0 Å². The van der Waals surface area contributed by atoms with Gasteiger partial charge in [0.1, 0.15) is 0 Å². The maximum Gasteiger partial charge on any atom is 0.234 e. The van der Waals surface area contributed by atoms with Crippen molar-refractivity contribution >= 4 is 5.91 Å². The van der Waals surface area contributed by atoms with Gasteiger partial charge in [0, 0.05) is 25.2 Å². The Bertz CT molecular complexity index is 232. The zero-order valence-electron chi connectivity index (χ0n) is 10.7. The number of hydrogen-bond donors (Lipinski definition) is 2. The predicted octanol–water partition coefficient (Wildman–Crippen LogP) is 0.713. The van der Waals surface area contributed by atoms with E-state index in [9.17, 15) is 4.79 Å². The molecule has 1 fully saturated rings. The second-order valence-corrected chi connectivity index (χ2v) is 4.60. The summed E-state index contributed by atoms with van der Waals surface area (Å²) in [5, 5.41) is 3.52. The molecule has 94 valence electrons. The molecule has 0 radical (unpaired) electrons. The summed E-state index contributed by atoms with van der Waals surface area (Å²) in [6.45, 7) is 8.28. The van der Waals surface area contributed by atoms with Crippen LogP contribution in [-0.2, 0) is 4.79 Å². The zero-order chi connectivity index (χ0) is 12.1. The fraction of sp³-hybridized carbons (Fsp3) is 0.917. The third-order valence-corrected chi connectivity index (χ3v) is 3.62. The van der Waals surface area contributed by atoms with E-state index in [4.69, 9.17) is 5.73 Å². The van der Waals surface area contributed by atoms with E-state index in [-0.39, 0.29) is 11.9 Å². The molecule has 1 aliphatic heterocycles. The summed E-state index contributed by atoms with van der Waals surface area (Å²) in [4.78, 5) is 13.7. The van der Waals surface area contributed by atoms with E-state index in [2.05, 4.69) is 24.1 Å². The van der Waals surface area contributed by atoms with Gasteiger partial charge in [0.2, 0.25) is 5.91 Å². The van der Waals surface area contributed by atoms with Crippen molar-refractivity contribution in [1.82, 2.24) is 10.2 Å². The molecule has 0 aromatic carbocycles. The molecule has 0 aromatic heterocycles. The fourth-order valence-electron chi connectivity index (χ4n) is 2.52. The Hall–Kier alpha value is -0.610. The van der Waals surface area contributed by atoms with Crippen molar-refractivity contribution in [2.24, 2.45) is 5.73 Å². The molecule has 4 heteroatoms. The van der Waals surface area contributed by atoms with Crippen molar-refractivity contribution < 1.29 is 4.79 Å². The van der Waals surface area contributed by atoms with Gasteiger partial charge < -0.3 is 11.1 Å². The highest BCUT2D eigenvalue weighted by Crippen LogP contribution is 2.17. The number of hydrogen-bond acceptors (Lipinski definition) is 3. The number of nitrogens with two attached hydrogens (primary N) is 1. The van der Waals surface area contributed by atoms with Crippen molar-refractivity contribution in [3.8, 4) is 0 Å². The normalized spacial score (nSPS) is 28.9. The van der Waals surface area contributed by atoms with Gasteiger partial charge in [0.15, 0.2) is 0 Å². The van der Waals surface area contributed by atoms with Crippen LogP contribution in [0.1, 0.15) is 40.0 Å². The summed E-state index contributed by atoms with van der Waals surface area (Å²) in [6.07, 6.45) is 2.97. The van der Waals surface area contributed by atoms with Gasteiger partial charge >= 0.3 is 0 Å². The minimum Gasteiger partial charge on any atom is -0.368 e. The Morgan fingerprint density at radius 2 is 2.12 bits per heavy atom. The first kappa shape index (κ1) is 13.5. The van der Waals surface area contributed by atoms with Gasteiger partial charge in [-0.3, -0.25) is 9.69 Å². The lowest BCUT2D eigenvalue weighted by Crippen LogP contribution is -2.61. The van der Waals surface area contributed by atoms with E-state index < -0.39 is 0 Å². The van der Waals surface area contributed by atoms with Crippen molar-refractivity contribution in [1.29, 1.82) is 0 Å². The maximum absolute atomic E-state index is 11.4. The molecule has 3 atom stereocenters. The Balaban J connectivity index is 2.73. The van der Waals surface area contributed by atoms with Crippen molar-refractivity contribution in [2.45, 2.75) is 58.2 Å². The molecule has 0 spiro atoms. The number of primary amides is 1. The predicted molar refractivity (Wildman–Crippen MR) is 66.1 cm³/mol. The summed E-state index contributed by atoms with van der Waals surface area (Å²) >= 11 is 0. The standard InChI is InChI=1S/C12H25N3O/c1-4-9-8-15(10(5-2)7-14-9)11(6-3)12(13)16/h9-11,14H,4-8H2,1-3H3,(H2,13,16). The molecule has 1 amide bonds. The molecule has 1 heterocycles. The second kappa shape index (κ2) is 6.21. The highest BCUT2D eigenvalue weighted by Gasteiger charge is 2.32. The van der Waals surface area contributed by atoms with Crippen LogP contribution in [0, 0.1) is 0 Å². The summed E-state index contributed by atoms with van der Waals surface area (Å²) in [5.74, 6) is -0.183. The quantitative estimate of drug-likeness (QED) is 0.727. The third-order valence-electron chi connectivity index (χ3n) is 3.62. The van der Waals surface area contributed by atoms with Crippen LogP contribution in [0.3, 0.4) is 0 Å². The second-order valence-electron chi connectivity index (χ2n) is 4.60. The van der Waals surface area contributed by atoms with Gasteiger partial charge in [0.25, 0.3) is 0 Å². The van der Waals surface area contributed by atoms with Gasteiger partial charge in [-0.1, -0.05) is 20.8 Å². The highest BCUT2D eigenvalue weighted by atomic mass is 16.1. The number of carbonyl (C=O) groups excluding carboxylic acids is 1.